The summed E-state index contributed by atoms with van der Waals surface area (Å²) in [6, 6.07) is 0. The maximum absolute atomic E-state index is 11.2. The van der Waals surface area contributed by atoms with Crippen molar-refractivity contribution >= 4 is 45.7 Å². The summed E-state index contributed by atoms with van der Waals surface area (Å²) in [5.74, 6) is 0.352. The Kier molecular flexibility index (Phi) is 3.59. The summed E-state index contributed by atoms with van der Waals surface area (Å²) in [7, 11) is 0. The highest BCUT2D eigenvalue weighted by Gasteiger charge is 2.49. The van der Waals surface area contributed by atoms with Crippen LogP contribution in [0.3, 0.4) is 0 Å². The predicted molar refractivity (Wildman–Crippen MR) is 81.3 cm³/mol. The third kappa shape index (κ3) is 2.11. The molecule has 0 aliphatic carbocycles. The number of aliphatic hydroxyl groups excluding tert-OH is 2. The van der Waals surface area contributed by atoms with E-state index in [2.05, 4.69) is 32.6 Å². The summed E-state index contributed by atoms with van der Waals surface area (Å²) in [6.07, 6.45) is 2.03. The molecule has 0 spiro atoms. The fourth-order valence-electron chi connectivity index (χ4n) is 2.51. The van der Waals surface area contributed by atoms with Gasteiger partial charge >= 0.3 is 0 Å². The third-order valence-electron chi connectivity index (χ3n) is 3.69. The summed E-state index contributed by atoms with van der Waals surface area (Å²) in [5.41, 5.74) is 4.81. The van der Waals surface area contributed by atoms with Gasteiger partial charge in [-0.2, -0.15) is 0 Å². The van der Waals surface area contributed by atoms with Gasteiger partial charge in [-0.15, -0.1) is 0 Å². The number of anilines is 1. The number of carbonyl (C=O) groups excluding carboxylic acids is 1. The number of nitrogens with zero attached hydrogens (tertiary/aromatic N) is 3. The van der Waals surface area contributed by atoms with E-state index in [1.165, 1.54) is 6.33 Å². The van der Waals surface area contributed by atoms with Gasteiger partial charge in [0.25, 0.3) is 0 Å². The second kappa shape index (κ2) is 5.16. The fraction of sp³-hybridized carbons (Fsp3) is 0.417. The Morgan fingerprint density at radius 3 is 3.00 bits per heavy atom. The standard InChI is InChI=1S/C12H13IN4O4/c13-6-2-17(11-9(6)10(14)15-5-16-11)8-1-7(20)12(3-18,4-19)21-8/h2-3,5,7-8,19-20H,1,4H2,(H2,14,15,16)/t7-,8+,12+/m0/s1. The van der Waals surface area contributed by atoms with Gasteiger partial charge in [-0.05, 0) is 22.6 Å². The first-order valence-electron chi connectivity index (χ1n) is 6.22. The average Bonchev–Trinajstić information content (AvgIpc) is 2.98. The molecule has 112 valence electrons. The average molecular weight is 404 g/mol. The summed E-state index contributed by atoms with van der Waals surface area (Å²) < 4.78 is 8.13. The number of nitrogen functional groups attached to an aromatic ring is 1. The number of rotatable bonds is 3. The number of hydrogen-bond acceptors (Lipinski definition) is 7. The van der Waals surface area contributed by atoms with Gasteiger partial charge in [0.2, 0.25) is 0 Å². The minimum absolute atomic E-state index is 0.170. The molecule has 3 atom stereocenters. The zero-order chi connectivity index (χ0) is 15.2. The number of carbonyl (C=O) groups is 1. The van der Waals surface area contributed by atoms with E-state index < -0.39 is 24.5 Å². The van der Waals surface area contributed by atoms with Crippen molar-refractivity contribution in [3.05, 3.63) is 16.1 Å². The molecule has 2 aromatic heterocycles. The Morgan fingerprint density at radius 2 is 2.38 bits per heavy atom. The van der Waals surface area contributed by atoms with Crippen LogP contribution < -0.4 is 5.73 Å². The van der Waals surface area contributed by atoms with Crippen molar-refractivity contribution in [1.29, 1.82) is 0 Å². The Bertz CT molecular complexity index is 706. The van der Waals surface area contributed by atoms with Gasteiger partial charge in [-0.1, -0.05) is 0 Å². The molecule has 3 rings (SSSR count). The molecule has 0 unspecified atom stereocenters. The summed E-state index contributed by atoms with van der Waals surface area (Å²) in [5, 5.41) is 20.1. The van der Waals surface area contributed by atoms with Gasteiger partial charge in [0.15, 0.2) is 11.9 Å². The van der Waals surface area contributed by atoms with Crippen molar-refractivity contribution in [3.63, 3.8) is 0 Å². The summed E-state index contributed by atoms with van der Waals surface area (Å²) in [6.45, 7) is -0.582. The molecule has 3 heterocycles. The maximum Gasteiger partial charge on any atom is 0.174 e. The minimum Gasteiger partial charge on any atom is -0.393 e. The molecule has 2 aromatic rings. The quantitative estimate of drug-likeness (QED) is 0.479. The van der Waals surface area contributed by atoms with E-state index in [1.54, 1.807) is 10.8 Å². The van der Waals surface area contributed by atoms with Gasteiger partial charge < -0.3 is 25.3 Å². The number of nitrogens with two attached hydrogens (primary N) is 1. The molecule has 21 heavy (non-hydrogen) atoms. The number of hydrogen-bond donors (Lipinski definition) is 3. The molecule has 1 aliphatic rings. The Labute approximate surface area is 133 Å². The number of halogens is 1. The molecule has 0 bridgehead atoms. The Hall–Kier alpha value is -1.30. The highest BCUT2D eigenvalue weighted by molar-refractivity contribution is 14.1. The zero-order valence-corrected chi connectivity index (χ0v) is 13.0. The second-order valence-corrected chi connectivity index (χ2v) is 6.06. The van der Waals surface area contributed by atoms with E-state index in [0.29, 0.717) is 23.1 Å². The largest absolute Gasteiger partial charge is 0.393 e. The van der Waals surface area contributed by atoms with Crippen LogP contribution in [0.15, 0.2) is 12.5 Å². The molecular formula is C12H13IN4O4. The molecule has 0 amide bonds. The van der Waals surface area contributed by atoms with Crippen LogP contribution in [0.1, 0.15) is 12.6 Å². The number of aldehydes is 1. The SMILES string of the molecule is Nc1ncnc2c1c(I)cn2[C@H]1C[C@H](O)[C@@](C=O)(CO)O1. The van der Waals surface area contributed by atoms with Crippen LogP contribution in [0.4, 0.5) is 5.82 Å². The molecular weight excluding hydrogens is 391 g/mol. The van der Waals surface area contributed by atoms with Crippen LogP contribution in [-0.4, -0.2) is 49.3 Å². The van der Waals surface area contributed by atoms with Crippen molar-refractivity contribution < 1.29 is 19.7 Å². The molecule has 9 heteroatoms. The normalized spacial score (nSPS) is 29.1. The highest BCUT2D eigenvalue weighted by atomic mass is 127. The van der Waals surface area contributed by atoms with Crippen LogP contribution >= 0.6 is 22.6 Å². The van der Waals surface area contributed by atoms with Crippen LogP contribution in [0, 0.1) is 3.57 Å². The van der Waals surface area contributed by atoms with Crippen LogP contribution in [0.2, 0.25) is 0 Å². The van der Waals surface area contributed by atoms with Crippen molar-refractivity contribution in [3.8, 4) is 0 Å². The van der Waals surface area contributed by atoms with E-state index in [4.69, 9.17) is 10.5 Å². The van der Waals surface area contributed by atoms with Crippen molar-refractivity contribution in [2.24, 2.45) is 0 Å². The molecule has 0 saturated carbocycles. The van der Waals surface area contributed by atoms with E-state index in [1.807, 2.05) is 0 Å². The first kappa shape index (κ1) is 14.6. The molecule has 1 fully saturated rings. The lowest BCUT2D eigenvalue weighted by molar-refractivity contribution is -0.151. The molecule has 4 N–H and O–H groups in total. The minimum atomic E-state index is -1.59. The zero-order valence-electron chi connectivity index (χ0n) is 10.8. The molecule has 8 nitrogen and oxygen atoms in total. The van der Waals surface area contributed by atoms with Crippen molar-refractivity contribution in [1.82, 2.24) is 14.5 Å². The summed E-state index contributed by atoms with van der Waals surface area (Å²) >= 11 is 2.11. The third-order valence-corrected chi connectivity index (χ3v) is 4.51. The molecule has 1 aliphatic heterocycles. The number of aliphatic hydroxyl groups is 2. The molecule has 0 radical (unpaired) electrons. The van der Waals surface area contributed by atoms with Crippen LogP contribution in [-0.2, 0) is 9.53 Å². The lowest BCUT2D eigenvalue weighted by atomic mass is 10.00. The topological polar surface area (TPSA) is 123 Å². The van der Waals surface area contributed by atoms with Crippen molar-refractivity contribution in [2.45, 2.75) is 24.4 Å². The maximum atomic E-state index is 11.2. The second-order valence-electron chi connectivity index (χ2n) is 4.90. The van der Waals surface area contributed by atoms with Gasteiger partial charge in [-0.3, -0.25) is 4.79 Å². The first-order valence-corrected chi connectivity index (χ1v) is 7.30. The Morgan fingerprint density at radius 1 is 1.62 bits per heavy atom. The van der Waals surface area contributed by atoms with Crippen LogP contribution in [0.25, 0.3) is 11.0 Å². The van der Waals surface area contributed by atoms with Crippen LogP contribution in [0.5, 0.6) is 0 Å². The van der Waals surface area contributed by atoms with Crippen molar-refractivity contribution in [2.75, 3.05) is 12.3 Å². The summed E-state index contributed by atoms with van der Waals surface area (Å²) in [4.78, 5) is 19.3. The van der Waals surface area contributed by atoms with Gasteiger partial charge in [-0.25, -0.2) is 9.97 Å². The first-order chi connectivity index (χ1) is 10.0. The van der Waals surface area contributed by atoms with Gasteiger partial charge in [0.1, 0.15) is 24.0 Å². The molecule has 0 aromatic carbocycles. The van der Waals surface area contributed by atoms with Gasteiger partial charge in [0.05, 0.1) is 18.1 Å². The number of fused-ring (bicyclic) bond motifs is 1. The number of ether oxygens (including phenoxy) is 1. The molecule has 1 saturated heterocycles. The lowest BCUT2D eigenvalue weighted by Gasteiger charge is -2.23. The lowest BCUT2D eigenvalue weighted by Crippen LogP contribution is -2.44. The smallest absolute Gasteiger partial charge is 0.174 e. The van der Waals surface area contributed by atoms with E-state index >= 15 is 0 Å². The van der Waals surface area contributed by atoms with E-state index in [-0.39, 0.29) is 6.42 Å². The van der Waals surface area contributed by atoms with E-state index in [0.717, 1.165) is 3.57 Å². The Balaban J connectivity index is 2.07. The highest BCUT2D eigenvalue weighted by Crippen LogP contribution is 2.38. The number of aromatic nitrogens is 3. The monoisotopic (exact) mass is 404 g/mol. The van der Waals surface area contributed by atoms with E-state index in [9.17, 15) is 15.0 Å². The predicted octanol–water partition coefficient (Wildman–Crippen LogP) is -0.172. The van der Waals surface area contributed by atoms with Gasteiger partial charge in [0, 0.05) is 16.2 Å². The fourth-order valence-corrected chi connectivity index (χ4v) is 3.33.